The molecule has 0 radical (unpaired) electrons. The molecule has 0 aliphatic carbocycles. The largest absolute Gasteiger partial charge is 0.444 e. The molecule has 1 saturated heterocycles. The lowest BCUT2D eigenvalue weighted by Crippen LogP contribution is -2.37. The lowest BCUT2D eigenvalue weighted by Gasteiger charge is -2.27. The second-order valence-electron chi connectivity index (χ2n) is 3.65. The molecule has 1 rings (SSSR count). The first-order chi connectivity index (χ1) is 6.94. The van der Waals surface area contributed by atoms with Gasteiger partial charge in [-0.25, -0.2) is 13.2 Å². The molecule has 1 aliphatic heterocycles. The summed E-state index contributed by atoms with van der Waals surface area (Å²) in [5.41, 5.74) is 4.84. The number of nitrogens with two attached hydrogens (primary N) is 1. The molecule has 1 unspecified atom stereocenters. The van der Waals surface area contributed by atoms with Gasteiger partial charge in [-0.1, -0.05) is 0 Å². The molecule has 0 spiro atoms. The predicted molar refractivity (Wildman–Crippen MR) is 52.9 cm³/mol. The topological polar surface area (TPSA) is 107 Å². The number of primary amides is 1. The number of amides is 1. The van der Waals surface area contributed by atoms with Gasteiger partial charge in [-0.15, -0.1) is 0 Å². The third-order valence-electron chi connectivity index (χ3n) is 2.57. The molecule has 0 saturated carbocycles. The molecule has 6 nitrogen and oxygen atoms in total. The van der Waals surface area contributed by atoms with Crippen molar-refractivity contribution in [2.45, 2.75) is 18.9 Å². The van der Waals surface area contributed by atoms with Gasteiger partial charge in [-0.2, -0.15) is 0 Å². The van der Waals surface area contributed by atoms with Crippen LogP contribution in [0.5, 0.6) is 0 Å². The summed E-state index contributed by atoms with van der Waals surface area (Å²) in [5.74, 6) is 0.0399. The highest BCUT2D eigenvalue weighted by atomic mass is 32.2. The van der Waals surface area contributed by atoms with Crippen LogP contribution >= 0.6 is 0 Å². The molecule has 7 heteroatoms. The molecule has 0 aromatic carbocycles. The van der Waals surface area contributed by atoms with Gasteiger partial charge in [0.05, 0.1) is 18.1 Å². The number of hydrogen-bond donors (Lipinski definition) is 2. The van der Waals surface area contributed by atoms with E-state index in [4.69, 9.17) is 15.6 Å². The van der Waals surface area contributed by atoms with E-state index in [-0.39, 0.29) is 24.0 Å². The molecule has 1 aliphatic rings. The summed E-state index contributed by atoms with van der Waals surface area (Å²) in [4.78, 5) is 10.5. The van der Waals surface area contributed by atoms with Crippen LogP contribution in [0.15, 0.2) is 0 Å². The number of rotatable bonds is 3. The summed E-state index contributed by atoms with van der Waals surface area (Å²) in [7, 11) is -2.94. The number of hydrogen-bond acceptors (Lipinski definition) is 5. The van der Waals surface area contributed by atoms with Crippen molar-refractivity contribution >= 4 is 15.9 Å². The fourth-order valence-corrected chi connectivity index (χ4v) is 3.24. The highest BCUT2D eigenvalue weighted by Crippen LogP contribution is 2.23. The Kier molecular flexibility index (Phi) is 3.92. The van der Waals surface area contributed by atoms with E-state index in [1.807, 2.05) is 0 Å². The second-order valence-corrected chi connectivity index (χ2v) is 5.95. The summed E-state index contributed by atoms with van der Waals surface area (Å²) in [6.07, 6.45) is -0.817. The highest BCUT2D eigenvalue weighted by Gasteiger charge is 2.31. The number of carbonyl (C=O) groups excluding carboxylic acids is 1. The molecule has 0 aromatic rings. The fourth-order valence-electron chi connectivity index (χ4n) is 1.71. The van der Waals surface area contributed by atoms with Crippen LogP contribution in [0.3, 0.4) is 0 Å². The average molecular weight is 237 g/mol. The quantitative estimate of drug-likeness (QED) is 0.672. The SMILES string of the molecule is NC(=O)OC(CO)C1CCS(=O)(=O)CC1. The van der Waals surface area contributed by atoms with Gasteiger partial charge in [0.15, 0.2) is 0 Å². The van der Waals surface area contributed by atoms with Crippen molar-refractivity contribution in [2.75, 3.05) is 18.1 Å². The Labute approximate surface area is 88.3 Å². The fraction of sp³-hybridized carbons (Fsp3) is 0.875. The first kappa shape index (κ1) is 12.3. The van der Waals surface area contributed by atoms with Gasteiger partial charge < -0.3 is 15.6 Å². The molecule has 3 N–H and O–H groups in total. The minimum absolute atomic E-state index is 0.0797. The molecule has 0 bridgehead atoms. The van der Waals surface area contributed by atoms with Crippen molar-refractivity contribution in [1.82, 2.24) is 0 Å². The maximum atomic E-state index is 11.1. The van der Waals surface area contributed by atoms with Crippen molar-refractivity contribution in [3.8, 4) is 0 Å². The maximum Gasteiger partial charge on any atom is 0.404 e. The third-order valence-corrected chi connectivity index (χ3v) is 4.29. The number of aliphatic hydroxyl groups is 1. The van der Waals surface area contributed by atoms with Crippen LogP contribution in [-0.4, -0.2) is 43.8 Å². The normalized spacial score (nSPS) is 23.3. The number of sulfone groups is 1. The van der Waals surface area contributed by atoms with Gasteiger partial charge in [0.2, 0.25) is 0 Å². The monoisotopic (exact) mass is 237 g/mol. The van der Waals surface area contributed by atoms with Crippen molar-refractivity contribution in [2.24, 2.45) is 11.7 Å². The van der Waals surface area contributed by atoms with E-state index in [1.54, 1.807) is 0 Å². The standard InChI is InChI=1S/C8H15NO5S/c9-8(11)14-7(5-10)6-1-3-15(12,13)4-2-6/h6-7,10H,1-5H2,(H2,9,11). The summed E-state index contributed by atoms with van der Waals surface area (Å²) in [5, 5.41) is 8.98. The highest BCUT2D eigenvalue weighted by molar-refractivity contribution is 7.91. The van der Waals surface area contributed by atoms with E-state index >= 15 is 0 Å². The number of ether oxygens (including phenoxy) is 1. The van der Waals surface area contributed by atoms with E-state index in [1.165, 1.54) is 0 Å². The van der Waals surface area contributed by atoms with Crippen LogP contribution < -0.4 is 5.73 Å². The molecule has 1 amide bonds. The van der Waals surface area contributed by atoms with Crippen molar-refractivity contribution < 1.29 is 23.1 Å². The van der Waals surface area contributed by atoms with E-state index in [9.17, 15) is 13.2 Å². The minimum Gasteiger partial charge on any atom is -0.444 e. The molecule has 88 valence electrons. The van der Waals surface area contributed by atoms with E-state index in [0.29, 0.717) is 12.8 Å². The van der Waals surface area contributed by atoms with Gasteiger partial charge in [0.1, 0.15) is 15.9 Å². The molecule has 1 heterocycles. The van der Waals surface area contributed by atoms with Crippen LogP contribution in [0.1, 0.15) is 12.8 Å². The Hall–Kier alpha value is -0.820. The summed E-state index contributed by atoms with van der Waals surface area (Å²) < 4.78 is 27.0. The molecule has 0 aromatic heterocycles. The number of aliphatic hydroxyl groups excluding tert-OH is 1. The van der Waals surface area contributed by atoms with E-state index < -0.39 is 22.0 Å². The van der Waals surface area contributed by atoms with Gasteiger partial charge >= 0.3 is 6.09 Å². The summed E-state index contributed by atoms with van der Waals surface area (Å²) in [6, 6.07) is 0. The van der Waals surface area contributed by atoms with Gasteiger partial charge in [0.25, 0.3) is 0 Å². The van der Waals surface area contributed by atoms with Gasteiger partial charge in [-0.3, -0.25) is 0 Å². The zero-order valence-electron chi connectivity index (χ0n) is 8.26. The smallest absolute Gasteiger partial charge is 0.404 e. The third kappa shape index (κ3) is 3.67. The first-order valence-corrected chi connectivity index (χ1v) is 6.54. The molecule has 15 heavy (non-hydrogen) atoms. The van der Waals surface area contributed by atoms with Crippen molar-refractivity contribution in [3.05, 3.63) is 0 Å². The number of carbonyl (C=O) groups is 1. The van der Waals surface area contributed by atoms with Gasteiger partial charge in [-0.05, 0) is 12.8 Å². The molecule has 1 atom stereocenters. The van der Waals surface area contributed by atoms with Crippen molar-refractivity contribution in [1.29, 1.82) is 0 Å². The average Bonchev–Trinajstić information content (AvgIpc) is 2.14. The summed E-state index contributed by atoms with van der Waals surface area (Å²) >= 11 is 0. The van der Waals surface area contributed by atoms with E-state index in [2.05, 4.69) is 0 Å². The van der Waals surface area contributed by atoms with Gasteiger partial charge in [0, 0.05) is 5.92 Å². The van der Waals surface area contributed by atoms with Crippen LogP contribution in [0.25, 0.3) is 0 Å². The van der Waals surface area contributed by atoms with Crippen LogP contribution in [0.2, 0.25) is 0 Å². The minimum atomic E-state index is -2.94. The maximum absolute atomic E-state index is 11.1. The summed E-state index contributed by atoms with van der Waals surface area (Å²) in [6.45, 7) is -0.326. The van der Waals surface area contributed by atoms with Crippen LogP contribution in [-0.2, 0) is 14.6 Å². The predicted octanol–water partition coefficient (Wildman–Crippen LogP) is -0.733. The van der Waals surface area contributed by atoms with Crippen LogP contribution in [0, 0.1) is 5.92 Å². The van der Waals surface area contributed by atoms with Crippen molar-refractivity contribution in [3.63, 3.8) is 0 Å². The molecule has 1 fully saturated rings. The Bertz CT molecular complexity index is 312. The second kappa shape index (κ2) is 4.80. The molecular weight excluding hydrogens is 222 g/mol. The van der Waals surface area contributed by atoms with E-state index in [0.717, 1.165) is 0 Å². The Balaban J connectivity index is 2.53. The van der Waals surface area contributed by atoms with Crippen LogP contribution in [0.4, 0.5) is 4.79 Å². The zero-order chi connectivity index (χ0) is 11.5. The lowest BCUT2D eigenvalue weighted by atomic mass is 9.96. The first-order valence-electron chi connectivity index (χ1n) is 4.72. The Morgan fingerprint density at radius 3 is 2.40 bits per heavy atom. The molecular formula is C8H15NO5S. The zero-order valence-corrected chi connectivity index (χ0v) is 9.07. The Morgan fingerprint density at radius 1 is 1.47 bits per heavy atom. The Morgan fingerprint density at radius 2 is 2.00 bits per heavy atom. The lowest BCUT2D eigenvalue weighted by molar-refractivity contribution is 0.0238.